The van der Waals surface area contributed by atoms with Crippen LogP contribution in [0.3, 0.4) is 0 Å². The highest BCUT2D eigenvalue weighted by Crippen LogP contribution is 2.18. The van der Waals surface area contributed by atoms with Crippen molar-refractivity contribution in [1.82, 2.24) is 20.1 Å². The zero-order chi connectivity index (χ0) is 12.3. The number of hydrogen-bond acceptors (Lipinski definition) is 3. The highest BCUT2D eigenvalue weighted by molar-refractivity contribution is 6.34. The molecule has 0 bridgehead atoms. The number of hydrogen-bond donors (Lipinski definition) is 1. The van der Waals surface area contributed by atoms with E-state index in [2.05, 4.69) is 15.5 Å². The lowest BCUT2D eigenvalue weighted by atomic mass is 10.2. The predicted octanol–water partition coefficient (Wildman–Crippen LogP) is 2.41. The molecule has 4 nitrogen and oxygen atoms in total. The van der Waals surface area contributed by atoms with E-state index in [0.717, 1.165) is 11.4 Å². The topological polar surface area (TPSA) is 42.7 Å². The molecule has 2 aromatic rings. The summed E-state index contributed by atoms with van der Waals surface area (Å²) >= 11 is 11.8. The smallest absolute Gasteiger partial charge is 0.146 e. The minimum atomic E-state index is 0.646. The summed E-state index contributed by atoms with van der Waals surface area (Å²) < 4.78 is 1.87. The molecule has 0 radical (unpaired) electrons. The van der Waals surface area contributed by atoms with Crippen LogP contribution in [0.5, 0.6) is 0 Å². The van der Waals surface area contributed by atoms with Crippen LogP contribution < -0.4 is 5.32 Å². The molecule has 0 saturated carbocycles. The molecule has 2 rings (SSSR count). The number of rotatable bonds is 4. The first-order chi connectivity index (χ1) is 8.15. The van der Waals surface area contributed by atoms with Crippen molar-refractivity contribution < 1.29 is 0 Å². The van der Waals surface area contributed by atoms with Crippen LogP contribution >= 0.6 is 23.2 Å². The van der Waals surface area contributed by atoms with Gasteiger partial charge in [0.1, 0.15) is 12.2 Å². The maximum absolute atomic E-state index is 5.92. The Balaban J connectivity index is 1.92. The first-order valence-corrected chi connectivity index (χ1v) is 5.89. The van der Waals surface area contributed by atoms with Crippen LogP contribution in [0.15, 0.2) is 24.5 Å². The lowest BCUT2D eigenvalue weighted by molar-refractivity contribution is 0.637. The van der Waals surface area contributed by atoms with Crippen LogP contribution in [0, 0.1) is 0 Å². The fourth-order valence-electron chi connectivity index (χ4n) is 1.50. The van der Waals surface area contributed by atoms with Gasteiger partial charge >= 0.3 is 0 Å². The van der Waals surface area contributed by atoms with Crippen molar-refractivity contribution in [2.45, 2.75) is 13.1 Å². The van der Waals surface area contributed by atoms with Crippen LogP contribution in [-0.4, -0.2) is 14.8 Å². The molecular formula is C11H12Cl2N4. The van der Waals surface area contributed by atoms with Gasteiger partial charge in [0.2, 0.25) is 0 Å². The van der Waals surface area contributed by atoms with Crippen LogP contribution in [-0.2, 0) is 20.1 Å². The summed E-state index contributed by atoms with van der Waals surface area (Å²) in [5.41, 5.74) is 1.05. The van der Waals surface area contributed by atoms with Crippen molar-refractivity contribution in [2.75, 3.05) is 0 Å². The normalized spacial score (nSPS) is 10.8. The van der Waals surface area contributed by atoms with E-state index in [9.17, 15) is 0 Å². The molecule has 0 fully saturated rings. The van der Waals surface area contributed by atoms with Crippen molar-refractivity contribution in [1.29, 1.82) is 0 Å². The van der Waals surface area contributed by atoms with Crippen molar-refractivity contribution in [3.05, 3.63) is 46.0 Å². The van der Waals surface area contributed by atoms with Gasteiger partial charge in [0.05, 0.1) is 6.54 Å². The van der Waals surface area contributed by atoms with E-state index < -0.39 is 0 Å². The third kappa shape index (κ3) is 3.43. The first-order valence-electron chi connectivity index (χ1n) is 5.14. The molecule has 1 aromatic heterocycles. The van der Waals surface area contributed by atoms with Gasteiger partial charge in [0.25, 0.3) is 0 Å². The van der Waals surface area contributed by atoms with E-state index in [4.69, 9.17) is 23.2 Å². The van der Waals surface area contributed by atoms with Crippen LogP contribution in [0.2, 0.25) is 10.0 Å². The van der Waals surface area contributed by atoms with Gasteiger partial charge in [0.15, 0.2) is 0 Å². The Bertz CT molecular complexity index is 490. The van der Waals surface area contributed by atoms with Gasteiger partial charge in [-0.15, -0.1) is 10.2 Å². The minimum absolute atomic E-state index is 0.646. The van der Waals surface area contributed by atoms with Gasteiger partial charge in [-0.25, -0.2) is 0 Å². The highest BCUT2D eigenvalue weighted by atomic mass is 35.5. The molecule has 0 aliphatic rings. The minimum Gasteiger partial charge on any atom is -0.320 e. The Labute approximate surface area is 110 Å². The van der Waals surface area contributed by atoms with E-state index in [0.29, 0.717) is 23.1 Å². The number of aryl methyl sites for hydroxylation is 1. The molecule has 0 saturated heterocycles. The molecule has 1 N–H and O–H groups in total. The molecule has 90 valence electrons. The number of nitrogens with zero attached hydrogens (tertiary/aromatic N) is 3. The maximum Gasteiger partial charge on any atom is 0.146 e. The Morgan fingerprint density at radius 2 is 1.88 bits per heavy atom. The second-order valence-corrected chi connectivity index (χ2v) is 4.61. The van der Waals surface area contributed by atoms with Gasteiger partial charge in [-0.05, 0) is 23.8 Å². The molecular weight excluding hydrogens is 259 g/mol. The molecule has 1 heterocycles. The van der Waals surface area contributed by atoms with E-state index >= 15 is 0 Å². The van der Waals surface area contributed by atoms with Crippen LogP contribution in [0.1, 0.15) is 11.4 Å². The molecule has 1 aromatic carbocycles. The van der Waals surface area contributed by atoms with E-state index in [1.807, 2.05) is 23.7 Å². The summed E-state index contributed by atoms with van der Waals surface area (Å²) in [5.74, 6) is 0.887. The molecule has 17 heavy (non-hydrogen) atoms. The second kappa shape index (κ2) is 5.49. The summed E-state index contributed by atoms with van der Waals surface area (Å²) in [6.45, 7) is 1.34. The average molecular weight is 271 g/mol. The van der Waals surface area contributed by atoms with Gasteiger partial charge in [0, 0.05) is 23.6 Å². The quantitative estimate of drug-likeness (QED) is 0.928. The van der Waals surface area contributed by atoms with Crippen molar-refractivity contribution in [3.63, 3.8) is 0 Å². The van der Waals surface area contributed by atoms with E-state index in [1.54, 1.807) is 12.4 Å². The van der Waals surface area contributed by atoms with Crippen LogP contribution in [0.4, 0.5) is 0 Å². The van der Waals surface area contributed by atoms with Gasteiger partial charge < -0.3 is 9.88 Å². The molecule has 0 aliphatic heterocycles. The SMILES string of the molecule is Cn1cnnc1CNCc1cc(Cl)cc(Cl)c1. The highest BCUT2D eigenvalue weighted by Gasteiger charge is 2.01. The zero-order valence-corrected chi connectivity index (χ0v) is 10.8. The summed E-state index contributed by atoms with van der Waals surface area (Å²) in [6.07, 6.45) is 1.67. The van der Waals surface area contributed by atoms with E-state index in [-0.39, 0.29) is 0 Å². The second-order valence-electron chi connectivity index (χ2n) is 3.74. The van der Waals surface area contributed by atoms with Crippen molar-refractivity contribution in [2.24, 2.45) is 7.05 Å². The lowest BCUT2D eigenvalue weighted by Gasteiger charge is -2.05. The maximum atomic E-state index is 5.92. The Morgan fingerprint density at radius 3 is 2.47 bits per heavy atom. The third-order valence-electron chi connectivity index (χ3n) is 2.34. The monoisotopic (exact) mass is 270 g/mol. The Morgan fingerprint density at radius 1 is 1.18 bits per heavy atom. The fourth-order valence-corrected chi connectivity index (χ4v) is 2.07. The molecule has 0 spiro atoms. The van der Waals surface area contributed by atoms with Crippen LogP contribution in [0.25, 0.3) is 0 Å². The largest absolute Gasteiger partial charge is 0.320 e. The summed E-state index contributed by atoms with van der Waals surface area (Å²) in [7, 11) is 1.91. The number of benzene rings is 1. The molecule has 0 atom stereocenters. The Kier molecular flexibility index (Phi) is 3.99. The van der Waals surface area contributed by atoms with Gasteiger partial charge in [-0.1, -0.05) is 23.2 Å². The number of aromatic nitrogens is 3. The van der Waals surface area contributed by atoms with Gasteiger partial charge in [-0.2, -0.15) is 0 Å². The Hall–Kier alpha value is -1.10. The van der Waals surface area contributed by atoms with Gasteiger partial charge in [-0.3, -0.25) is 0 Å². The average Bonchev–Trinajstić information content (AvgIpc) is 2.63. The zero-order valence-electron chi connectivity index (χ0n) is 9.32. The third-order valence-corrected chi connectivity index (χ3v) is 2.78. The first kappa shape index (κ1) is 12.4. The molecule has 0 aliphatic carbocycles. The van der Waals surface area contributed by atoms with Crippen molar-refractivity contribution in [3.8, 4) is 0 Å². The summed E-state index contributed by atoms with van der Waals surface area (Å²) in [5, 5.41) is 12.3. The van der Waals surface area contributed by atoms with Crippen molar-refractivity contribution >= 4 is 23.2 Å². The summed E-state index contributed by atoms with van der Waals surface area (Å²) in [4.78, 5) is 0. The summed E-state index contributed by atoms with van der Waals surface area (Å²) in [6, 6.07) is 5.49. The molecule has 0 amide bonds. The molecule has 6 heteroatoms. The predicted molar refractivity (Wildman–Crippen MR) is 68.0 cm³/mol. The number of halogens is 2. The van der Waals surface area contributed by atoms with E-state index in [1.165, 1.54) is 0 Å². The molecule has 0 unspecified atom stereocenters. The fraction of sp³-hybridized carbons (Fsp3) is 0.273. The standard InChI is InChI=1S/C11H12Cl2N4/c1-17-7-15-16-11(17)6-14-5-8-2-9(12)4-10(13)3-8/h2-4,7,14H,5-6H2,1H3. The lowest BCUT2D eigenvalue weighted by Crippen LogP contribution is -2.15. The number of nitrogens with one attached hydrogen (secondary N) is 1.